The van der Waals surface area contributed by atoms with Gasteiger partial charge in [0, 0.05) is 12.3 Å². The van der Waals surface area contributed by atoms with Crippen LogP contribution in [0.25, 0.3) is 0 Å². The molecule has 2 nitrogen and oxygen atoms in total. The second-order valence-corrected chi connectivity index (χ2v) is 6.72. The van der Waals surface area contributed by atoms with Crippen molar-refractivity contribution in [2.45, 2.75) is 18.3 Å². The Morgan fingerprint density at radius 1 is 0.783 bits per heavy atom. The molecule has 23 heavy (non-hydrogen) atoms. The van der Waals surface area contributed by atoms with Crippen LogP contribution in [0.1, 0.15) is 29.4 Å². The minimum Gasteiger partial charge on any atom is -0.281 e. The Morgan fingerprint density at radius 2 is 1.22 bits per heavy atom. The number of hydrogen-bond acceptors (Lipinski definition) is 2. The number of carbonyl (C=O) groups is 2. The lowest BCUT2D eigenvalue weighted by Crippen LogP contribution is -2.46. The molecule has 0 spiro atoms. The maximum Gasteiger partial charge on any atom is 0.225 e. The van der Waals surface area contributed by atoms with Gasteiger partial charge in [-0.15, -0.1) is 0 Å². The number of hydrogen-bond donors (Lipinski definition) is 0. The molecule has 1 aliphatic carbocycles. The van der Waals surface area contributed by atoms with Gasteiger partial charge in [-0.2, -0.15) is 0 Å². The van der Waals surface area contributed by atoms with Gasteiger partial charge in [0.15, 0.2) is 0 Å². The molecule has 0 N–H and O–H groups in total. The summed E-state index contributed by atoms with van der Waals surface area (Å²) in [6.45, 7) is 0. The third kappa shape index (κ3) is 3.19. The van der Waals surface area contributed by atoms with Gasteiger partial charge in [0.1, 0.15) is 0 Å². The smallest absolute Gasteiger partial charge is 0.225 e. The van der Waals surface area contributed by atoms with Gasteiger partial charge in [-0.05, 0) is 52.1 Å². The quantitative estimate of drug-likeness (QED) is 0.734. The first-order valence-corrected chi connectivity index (χ1v) is 8.32. The number of rotatable bonds is 5. The molecule has 4 heteroatoms. The van der Waals surface area contributed by atoms with Gasteiger partial charge in [-0.1, -0.05) is 60.7 Å². The molecule has 118 valence electrons. The van der Waals surface area contributed by atoms with E-state index in [-0.39, 0.29) is 40.6 Å². The molecular weight excluding hydrogens is 331 g/mol. The molecule has 0 aromatic heterocycles. The zero-order valence-electron chi connectivity index (χ0n) is 12.4. The molecule has 0 aliphatic heterocycles. The molecule has 0 unspecified atom stereocenters. The second-order valence-electron chi connectivity index (χ2n) is 5.93. The summed E-state index contributed by atoms with van der Waals surface area (Å²) in [5, 5.41) is -0.733. The van der Waals surface area contributed by atoms with Crippen molar-refractivity contribution >= 4 is 33.7 Å². The summed E-state index contributed by atoms with van der Waals surface area (Å²) in [7, 11) is 0. The first kappa shape index (κ1) is 16.2. The molecule has 1 saturated carbocycles. The highest BCUT2D eigenvalue weighted by Gasteiger charge is 2.54. The monoisotopic (exact) mass is 346 g/mol. The van der Waals surface area contributed by atoms with E-state index in [2.05, 4.69) is 0 Å². The zero-order valence-corrected chi connectivity index (χ0v) is 13.9. The molecule has 0 bridgehead atoms. The fourth-order valence-corrected chi connectivity index (χ4v) is 4.26. The molecule has 0 radical (unpaired) electrons. The van der Waals surface area contributed by atoms with Crippen molar-refractivity contribution in [3.05, 3.63) is 71.8 Å². The van der Waals surface area contributed by atoms with E-state index in [9.17, 15) is 9.59 Å². The summed E-state index contributed by atoms with van der Waals surface area (Å²) in [5.41, 5.74) is 2.06. The lowest BCUT2D eigenvalue weighted by Gasteiger charge is -2.51. The van der Waals surface area contributed by atoms with Crippen LogP contribution in [0.5, 0.6) is 0 Å². The second kappa shape index (κ2) is 6.86. The van der Waals surface area contributed by atoms with Gasteiger partial charge in [-0.3, -0.25) is 9.59 Å². The molecule has 0 heterocycles. The highest BCUT2D eigenvalue weighted by atomic mass is 35.5. The van der Waals surface area contributed by atoms with E-state index in [1.165, 1.54) is 0 Å². The molecule has 1 fully saturated rings. The van der Waals surface area contributed by atoms with E-state index in [4.69, 9.17) is 23.2 Å². The Balaban J connectivity index is 2.01. The van der Waals surface area contributed by atoms with Crippen molar-refractivity contribution in [2.24, 2.45) is 11.8 Å². The predicted octanol–water partition coefficient (Wildman–Crippen LogP) is 4.72. The zero-order chi connectivity index (χ0) is 16.4. The number of halogens is 2. The molecule has 2 aromatic rings. The van der Waals surface area contributed by atoms with Crippen LogP contribution >= 0.6 is 23.2 Å². The lowest BCUT2D eigenvalue weighted by molar-refractivity contribution is -0.124. The van der Waals surface area contributed by atoms with Gasteiger partial charge in [0.05, 0.1) is 0 Å². The number of benzene rings is 2. The van der Waals surface area contributed by atoms with Crippen LogP contribution in [0.2, 0.25) is 0 Å². The molecule has 2 aromatic carbocycles. The SMILES string of the molecule is O=C(Cl)CC1[C@H](c2ccccc2)C(C(=O)Cl)[C@H]1c1ccccc1. The largest absolute Gasteiger partial charge is 0.281 e. The summed E-state index contributed by atoms with van der Waals surface area (Å²) in [5.74, 6) is -0.497. The predicted molar refractivity (Wildman–Crippen MR) is 91.7 cm³/mol. The Bertz CT molecular complexity index is 652. The standard InChI is InChI=1S/C19H16Cl2O2/c20-15(22)11-14-16(12-7-3-1-4-8-12)18(19(21)23)17(14)13-9-5-2-6-10-13/h1-10,14,16-18H,11H2/t14?,16-,17-,18?/m0/s1. The van der Waals surface area contributed by atoms with Crippen molar-refractivity contribution in [2.75, 3.05) is 0 Å². The van der Waals surface area contributed by atoms with Gasteiger partial charge >= 0.3 is 0 Å². The van der Waals surface area contributed by atoms with Gasteiger partial charge < -0.3 is 0 Å². The van der Waals surface area contributed by atoms with E-state index in [0.717, 1.165) is 11.1 Å². The van der Waals surface area contributed by atoms with E-state index in [1.54, 1.807) is 0 Å². The van der Waals surface area contributed by atoms with E-state index >= 15 is 0 Å². The Labute approximate surface area is 145 Å². The van der Waals surface area contributed by atoms with Crippen LogP contribution in [0, 0.1) is 11.8 Å². The molecule has 3 rings (SSSR count). The maximum absolute atomic E-state index is 12.1. The molecule has 1 aliphatic rings. The molecule has 0 amide bonds. The average Bonchev–Trinajstić information content (AvgIpc) is 2.52. The minimum absolute atomic E-state index is 0.0162. The highest BCUT2D eigenvalue weighted by molar-refractivity contribution is 6.64. The average molecular weight is 347 g/mol. The summed E-state index contributed by atoms with van der Waals surface area (Å²) in [6.07, 6.45) is 0.237. The Kier molecular flexibility index (Phi) is 4.84. The minimum atomic E-state index is -0.377. The first-order chi connectivity index (χ1) is 11.1. The summed E-state index contributed by atoms with van der Waals surface area (Å²) in [6, 6.07) is 19.5. The van der Waals surface area contributed by atoms with Crippen LogP contribution in [-0.2, 0) is 9.59 Å². The normalized spacial score (nSPS) is 26.3. The maximum atomic E-state index is 12.1. The molecule has 0 saturated heterocycles. The summed E-state index contributed by atoms with van der Waals surface area (Å²) in [4.78, 5) is 23.6. The van der Waals surface area contributed by atoms with E-state index in [1.807, 2.05) is 60.7 Å². The van der Waals surface area contributed by atoms with Crippen molar-refractivity contribution in [1.82, 2.24) is 0 Å². The van der Waals surface area contributed by atoms with Crippen LogP contribution in [0.3, 0.4) is 0 Å². The molecular formula is C19H16Cl2O2. The van der Waals surface area contributed by atoms with E-state index in [0.29, 0.717) is 0 Å². The van der Waals surface area contributed by atoms with Crippen LogP contribution < -0.4 is 0 Å². The first-order valence-electron chi connectivity index (χ1n) is 7.57. The summed E-state index contributed by atoms with van der Waals surface area (Å²) >= 11 is 11.6. The third-order valence-corrected chi connectivity index (χ3v) is 5.13. The van der Waals surface area contributed by atoms with Crippen molar-refractivity contribution < 1.29 is 9.59 Å². The lowest BCUT2D eigenvalue weighted by atomic mass is 9.52. The molecule has 2 atom stereocenters. The third-order valence-electron chi connectivity index (χ3n) is 4.72. The topological polar surface area (TPSA) is 34.1 Å². The van der Waals surface area contributed by atoms with Crippen molar-refractivity contribution in [3.63, 3.8) is 0 Å². The fraction of sp³-hybridized carbons (Fsp3) is 0.263. The highest BCUT2D eigenvalue weighted by Crippen LogP contribution is 2.59. The van der Waals surface area contributed by atoms with Gasteiger partial charge in [-0.25, -0.2) is 0 Å². The van der Waals surface area contributed by atoms with Crippen LogP contribution in [0.15, 0.2) is 60.7 Å². The fourth-order valence-electron chi connectivity index (χ4n) is 3.82. The van der Waals surface area contributed by atoms with Crippen LogP contribution in [-0.4, -0.2) is 10.5 Å². The van der Waals surface area contributed by atoms with Gasteiger partial charge in [0.25, 0.3) is 0 Å². The van der Waals surface area contributed by atoms with Crippen molar-refractivity contribution in [1.29, 1.82) is 0 Å². The van der Waals surface area contributed by atoms with Crippen molar-refractivity contribution in [3.8, 4) is 0 Å². The van der Waals surface area contributed by atoms with Crippen LogP contribution in [0.4, 0.5) is 0 Å². The summed E-state index contributed by atoms with van der Waals surface area (Å²) < 4.78 is 0. The number of carbonyl (C=O) groups excluding carboxylic acids is 2. The van der Waals surface area contributed by atoms with E-state index < -0.39 is 0 Å². The Hall–Kier alpha value is -1.64. The van der Waals surface area contributed by atoms with Gasteiger partial charge in [0.2, 0.25) is 10.5 Å². The Morgan fingerprint density at radius 3 is 1.57 bits per heavy atom.